The van der Waals surface area contributed by atoms with E-state index in [1.807, 2.05) is 0 Å². The number of hydrogen-bond acceptors (Lipinski definition) is 2. The third-order valence-corrected chi connectivity index (χ3v) is 3.20. The molecule has 0 heterocycles. The predicted octanol–water partition coefficient (Wildman–Crippen LogP) is 3.83. The van der Waals surface area contributed by atoms with Crippen LogP contribution < -0.4 is 10.5 Å². The van der Waals surface area contributed by atoms with E-state index in [1.54, 1.807) is 18.2 Å². The van der Waals surface area contributed by atoms with Crippen molar-refractivity contribution in [3.8, 4) is 5.75 Å². The van der Waals surface area contributed by atoms with Gasteiger partial charge in [0.05, 0.1) is 0 Å². The van der Waals surface area contributed by atoms with Gasteiger partial charge in [0, 0.05) is 22.2 Å². The first-order valence-corrected chi connectivity index (χ1v) is 6.42. The molecule has 0 saturated heterocycles. The Balaban J connectivity index is 2.15. The summed E-state index contributed by atoms with van der Waals surface area (Å²) in [5.74, 6) is -1.38. The fourth-order valence-corrected chi connectivity index (χ4v) is 1.92. The molecule has 2 rings (SSSR count). The van der Waals surface area contributed by atoms with Crippen LogP contribution in [0.15, 0.2) is 36.4 Å². The molecular weight excluding hydrogens is 304 g/mol. The summed E-state index contributed by atoms with van der Waals surface area (Å²) < 4.78 is 31.6. The lowest BCUT2D eigenvalue weighted by molar-refractivity contribution is 0.288. The standard InChI is InChI=1S/C14H10ClF2NOS/c15-11-5-8(14(18)20)1-2-9(11)7-19-13-6-10(16)3-4-12(13)17/h1-6H,7H2,(H2,18,20). The molecule has 0 aromatic heterocycles. The fourth-order valence-electron chi connectivity index (χ4n) is 1.56. The minimum absolute atomic E-state index is 0.0107. The molecule has 0 radical (unpaired) electrons. The number of nitrogens with two attached hydrogens (primary N) is 1. The van der Waals surface area contributed by atoms with E-state index in [0.717, 1.165) is 18.2 Å². The maximum atomic E-state index is 13.4. The van der Waals surface area contributed by atoms with Gasteiger partial charge in [0.1, 0.15) is 17.4 Å². The highest BCUT2D eigenvalue weighted by Crippen LogP contribution is 2.23. The minimum Gasteiger partial charge on any atom is -0.486 e. The summed E-state index contributed by atoms with van der Waals surface area (Å²) in [5, 5.41) is 0.395. The molecular formula is C14H10ClF2NOS. The van der Waals surface area contributed by atoms with E-state index in [1.165, 1.54) is 0 Å². The van der Waals surface area contributed by atoms with Crippen molar-refractivity contribution in [3.63, 3.8) is 0 Å². The Morgan fingerprint density at radius 2 is 1.95 bits per heavy atom. The van der Waals surface area contributed by atoms with Crippen LogP contribution in [0.2, 0.25) is 5.02 Å². The maximum Gasteiger partial charge on any atom is 0.165 e. The number of ether oxygens (including phenoxy) is 1. The van der Waals surface area contributed by atoms with E-state index in [-0.39, 0.29) is 17.3 Å². The Morgan fingerprint density at radius 1 is 1.20 bits per heavy atom. The minimum atomic E-state index is -0.637. The Morgan fingerprint density at radius 3 is 2.60 bits per heavy atom. The average Bonchev–Trinajstić information content (AvgIpc) is 2.40. The van der Waals surface area contributed by atoms with Crippen molar-refractivity contribution < 1.29 is 13.5 Å². The summed E-state index contributed by atoms with van der Waals surface area (Å²) in [7, 11) is 0. The van der Waals surface area contributed by atoms with Crippen molar-refractivity contribution in [2.75, 3.05) is 0 Å². The zero-order valence-electron chi connectivity index (χ0n) is 10.2. The summed E-state index contributed by atoms with van der Waals surface area (Å²) >= 11 is 10.9. The zero-order valence-corrected chi connectivity index (χ0v) is 11.8. The molecule has 0 fully saturated rings. The number of benzene rings is 2. The summed E-state index contributed by atoms with van der Waals surface area (Å²) in [4.78, 5) is 0.232. The molecule has 0 amide bonds. The van der Waals surface area contributed by atoms with E-state index in [9.17, 15) is 8.78 Å². The first-order valence-electron chi connectivity index (χ1n) is 5.63. The van der Waals surface area contributed by atoms with Crippen molar-refractivity contribution in [3.05, 3.63) is 64.2 Å². The highest BCUT2D eigenvalue weighted by Gasteiger charge is 2.08. The number of rotatable bonds is 4. The Hall–Kier alpha value is -1.72. The lowest BCUT2D eigenvalue weighted by atomic mass is 10.1. The number of halogens is 3. The van der Waals surface area contributed by atoms with Crippen LogP contribution in [0, 0.1) is 11.6 Å². The Labute approximate surface area is 125 Å². The molecule has 6 heteroatoms. The van der Waals surface area contributed by atoms with E-state index in [0.29, 0.717) is 16.1 Å². The fraction of sp³-hybridized carbons (Fsp3) is 0.0714. The summed E-state index contributed by atoms with van der Waals surface area (Å²) in [6, 6.07) is 7.97. The average molecular weight is 314 g/mol. The van der Waals surface area contributed by atoms with Gasteiger partial charge in [-0.1, -0.05) is 36.0 Å². The SMILES string of the molecule is NC(=S)c1ccc(COc2cc(F)ccc2F)c(Cl)c1. The number of hydrogen-bond donors (Lipinski definition) is 1. The van der Waals surface area contributed by atoms with Gasteiger partial charge in [-0.25, -0.2) is 8.78 Å². The van der Waals surface area contributed by atoms with Crippen LogP contribution in [0.25, 0.3) is 0 Å². The molecule has 2 aromatic rings. The van der Waals surface area contributed by atoms with Crippen LogP contribution in [-0.2, 0) is 6.61 Å². The zero-order chi connectivity index (χ0) is 14.7. The molecule has 0 aliphatic rings. The van der Waals surface area contributed by atoms with Crippen LogP contribution in [-0.4, -0.2) is 4.99 Å². The van der Waals surface area contributed by atoms with Gasteiger partial charge in [0.2, 0.25) is 0 Å². The van der Waals surface area contributed by atoms with Gasteiger partial charge in [-0.05, 0) is 18.2 Å². The van der Waals surface area contributed by atoms with Gasteiger partial charge in [0.25, 0.3) is 0 Å². The van der Waals surface area contributed by atoms with Crippen LogP contribution in [0.5, 0.6) is 5.75 Å². The molecule has 0 aliphatic carbocycles. The third-order valence-electron chi connectivity index (χ3n) is 2.61. The molecule has 2 nitrogen and oxygen atoms in total. The molecule has 20 heavy (non-hydrogen) atoms. The van der Waals surface area contributed by atoms with E-state index in [2.05, 4.69) is 0 Å². The normalized spacial score (nSPS) is 10.3. The summed E-state index contributed by atoms with van der Waals surface area (Å²) in [6.07, 6.45) is 0. The Bertz CT molecular complexity index is 664. The molecule has 0 saturated carbocycles. The molecule has 0 bridgehead atoms. The predicted molar refractivity (Wildman–Crippen MR) is 78.0 cm³/mol. The second-order valence-corrected chi connectivity index (χ2v) is 4.88. The van der Waals surface area contributed by atoms with Crippen LogP contribution in [0.4, 0.5) is 8.78 Å². The molecule has 0 aliphatic heterocycles. The van der Waals surface area contributed by atoms with Crippen molar-refractivity contribution in [1.82, 2.24) is 0 Å². The molecule has 0 spiro atoms. The summed E-state index contributed by atoms with van der Waals surface area (Å²) in [5.41, 5.74) is 6.74. The molecule has 104 valence electrons. The number of thiocarbonyl (C=S) groups is 1. The smallest absolute Gasteiger partial charge is 0.165 e. The van der Waals surface area contributed by atoms with Crippen molar-refractivity contribution >= 4 is 28.8 Å². The van der Waals surface area contributed by atoms with Crippen molar-refractivity contribution in [1.29, 1.82) is 0 Å². The van der Waals surface area contributed by atoms with Gasteiger partial charge >= 0.3 is 0 Å². The highest BCUT2D eigenvalue weighted by molar-refractivity contribution is 7.80. The molecule has 2 aromatic carbocycles. The van der Waals surface area contributed by atoms with Crippen LogP contribution >= 0.6 is 23.8 Å². The first kappa shape index (κ1) is 14.7. The maximum absolute atomic E-state index is 13.4. The van der Waals surface area contributed by atoms with E-state index in [4.69, 9.17) is 34.3 Å². The van der Waals surface area contributed by atoms with E-state index >= 15 is 0 Å². The van der Waals surface area contributed by atoms with Crippen molar-refractivity contribution in [2.24, 2.45) is 5.73 Å². The van der Waals surface area contributed by atoms with Crippen LogP contribution in [0.3, 0.4) is 0 Å². The van der Waals surface area contributed by atoms with Crippen molar-refractivity contribution in [2.45, 2.75) is 6.61 Å². The highest BCUT2D eigenvalue weighted by atomic mass is 35.5. The quantitative estimate of drug-likeness (QED) is 0.871. The second-order valence-electron chi connectivity index (χ2n) is 4.03. The largest absolute Gasteiger partial charge is 0.486 e. The lowest BCUT2D eigenvalue weighted by Gasteiger charge is -2.09. The molecule has 0 atom stereocenters. The van der Waals surface area contributed by atoms with Gasteiger partial charge in [-0.15, -0.1) is 0 Å². The lowest BCUT2D eigenvalue weighted by Crippen LogP contribution is -2.09. The second kappa shape index (κ2) is 6.15. The van der Waals surface area contributed by atoms with E-state index < -0.39 is 11.6 Å². The van der Waals surface area contributed by atoms with Gasteiger partial charge in [-0.2, -0.15) is 0 Å². The van der Waals surface area contributed by atoms with Gasteiger partial charge < -0.3 is 10.5 Å². The molecule has 2 N–H and O–H groups in total. The van der Waals surface area contributed by atoms with Crippen LogP contribution in [0.1, 0.15) is 11.1 Å². The monoisotopic (exact) mass is 313 g/mol. The first-order chi connectivity index (χ1) is 9.47. The molecule has 0 unspecified atom stereocenters. The summed E-state index contributed by atoms with van der Waals surface area (Å²) in [6.45, 7) is 0.0107. The Kier molecular flexibility index (Phi) is 4.52. The van der Waals surface area contributed by atoms with Gasteiger partial charge in [0.15, 0.2) is 11.6 Å². The van der Waals surface area contributed by atoms with Gasteiger partial charge in [-0.3, -0.25) is 0 Å². The third kappa shape index (κ3) is 3.43. The topological polar surface area (TPSA) is 35.2 Å².